The van der Waals surface area contributed by atoms with Gasteiger partial charge in [0.15, 0.2) is 17.1 Å². The molecule has 4 aromatic rings. The fourth-order valence-corrected chi connectivity index (χ4v) is 2.83. The van der Waals surface area contributed by atoms with Gasteiger partial charge in [-0.1, -0.05) is 0 Å². The average Bonchev–Trinajstić information content (AvgIpc) is 3.29. The highest BCUT2D eigenvalue weighted by Crippen LogP contribution is 2.35. The van der Waals surface area contributed by atoms with Crippen LogP contribution in [0.25, 0.3) is 16.7 Å². The number of hydrogen-bond acceptors (Lipinski definition) is 6. The lowest BCUT2D eigenvalue weighted by Gasteiger charge is -2.08. The maximum atomic E-state index is 13.2. The number of aromatic nitrogens is 4. The van der Waals surface area contributed by atoms with Crippen LogP contribution in [0.2, 0.25) is 0 Å². The molecule has 1 aliphatic heterocycles. The Kier molecular flexibility index (Phi) is 3.21. The quantitative estimate of drug-likeness (QED) is 0.611. The molecule has 1 N–H and O–H groups in total. The van der Waals surface area contributed by atoms with Crippen molar-refractivity contribution in [3.05, 3.63) is 60.8 Å². The maximum Gasteiger partial charge on any atom is 0.231 e. The maximum absolute atomic E-state index is 13.2. The third-order valence-corrected chi connectivity index (χ3v) is 4.07. The molecule has 3 heterocycles. The third kappa shape index (κ3) is 2.39. The summed E-state index contributed by atoms with van der Waals surface area (Å²) in [7, 11) is 0. The van der Waals surface area contributed by atoms with Crippen LogP contribution in [-0.4, -0.2) is 26.5 Å². The number of hydrogen-bond donors (Lipinski definition) is 1. The van der Waals surface area contributed by atoms with Gasteiger partial charge in [0.25, 0.3) is 0 Å². The first-order valence-electron chi connectivity index (χ1n) is 7.89. The van der Waals surface area contributed by atoms with Gasteiger partial charge >= 0.3 is 0 Å². The number of fused-ring (bicyclic) bond motifs is 2. The number of nitrogens with zero attached hydrogens (tertiary/aromatic N) is 4. The van der Waals surface area contributed by atoms with Gasteiger partial charge in [-0.15, -0.1) is 0 Å². The first kappa shape index (κ1) is 14.6. The molecular formula is C18H12FN5O2. The van der Waals surface area contributed by atoms with E-state index in [9.17, 15) is 4.39 Å². The van der Waals surface area contributed by atoms with Crippen molar-refractivity contribution in [3.8, 4) is 17.2 Å². The summed E-state index contributed by atoms with van der Waals surface area (Å²) >= 11 is 0. The van der Waals surface area contributed by atoms with E-state index in [2.05, 4.69) is 20.4 Å². The van der Waals surface area contributed by atoms with Crippen LogP contribution in [0, 0.1) is 5.82 Å². The molecule has 5 rings (SSSR count). The molecule has 0 radical (unpaired) electrons. The molecule has 0 amide bonds. The lowest BCUT2D eigenvalue weighted by atomic mass is 10.2. The highest BCUT2D eigenvalue weighted by molar-refractivity contribution is 5.89. The van der Waals surface area contributed by atoms with Crippen molar-refractivity contribution in [1.82, 2.24) is 19.7 Å². The summed E-state index contributed by atoms with van der Waals surface area (Å²) in [6, 6.07) is 11.6. The predicted molar refractivity (Wildman–Crippen MR) is 92.5 cm³/mol. The van der Waals surface area contributed by atoms with Crippen LogP contribution < -0.4 is 14.8 Å². The second-order valence-corrected chi connectivity index (χ2v) is 5.69. The van der Waals surface area contributed by atoms with Crippen LogP contribution in [-0.2, 0) is 0 Å². The Bertz CT molecular complexity index is 1110. The van der Waals surface area contributed by atoms with Crippen molar-refractivity contribution in [2.75, 3.05) is 12.1 Å². The summed E-state index contributed by atoms with van der Waals surface area (Å²) in [5.74, 6) is 1.71. The summed E-state index contributed by atoms with van der Waals surface area (Å²) in [6.45, 7) is 0.223. The minimum absolute atomic E-state index is 0.223. The second-order valence-electron chi connectivity index (χ2n) is 5.69. The molecule has 2 aromatic carbocycles. The van der Waals surface area contributed by atoms with E-state index in [1.807, 2.05) is 18.2 Å². The number of ether oxygens (including phenoxy) is 2. The van der Waals surface area contributed by atoms with Gasteiger partial charge in [0.1, 0.15) is 18.0 Å². The Morgan fingerprint density at radius 2 is 1.85 bits per heavy atom. The highest BCUT2D eigenvalue weighted by atomic mass is 19.1. The molecule has 2 aromatic heterocycles. The normalized spacial score (nSPS) is 12.5. The second kappa shape index (κ2) is 5.69. The van der Waals surface area contributed by atoms with Crippen molar-refractivity contribution in [2.24, 2.45) is 0 Å². The highest BCUT2D eigenvalue weighted by Gasteiger charge is 2.15. The molecule has 1 aliphatic rings. The summed E-state index contributed by atoms with van der Waals surface area (Å²) in [4.78, 5) is 8.62. The molecular weight excluding hydrogens is 337 g/mol. The molecule has 0 spiro atoms. The van der Waals surface area contributed by atoms with Crippen molar-refractivity contribution in [1.29, 1.82) is 0 Å². The van der Waals surface area contributed by atoms with E-state index in [0.717, 1.165) is 11.1 Å². The van der Waals surface area contributed by atoms with Gasteiger partial charge in [0.05, 0.1) is 17.3 Å². The molecule has 8 heteroatoms. The van der Waals surface area contributed by atoms with E-state index in [1.54, 1.807) is 23.0 Å². The summed E-state index contributed by atoms with van der Waals surface area (Å²) in [5.41, 5.74) is 2.15. The predicted octanol–water partition coefficient (Wildman–Crippen LogP) is 3.43. The van der Waals surface area contributed by atoms with Crippen LogP contribution in [0.1, 0.15) is 0 Å². The number of halogens is 1. The Morgan fingerprint density at radius 3 is 2.73 bits per heavy atom. The SMILES string of the molecule is Fc1ccc(-n2ncc3c(Nc4ccc5c(c4)OCO5)ncnc32)cc1. The van der Waals surface area contributed by atoms with Gasteiger partial charge in [-0.25, -0.2) is 19.0 Å². The van der Waals surface area contributed by atoms with Crippen molar-refractivity contribution >= 4 is 22.5 Å². The molecule has 0 aliphatic carbocycles. The van der Waals surface area contributed by atoms with Crippen LogP contribution in [0.5, 0.6) is 11.5 Å². The Hall–Kier alpha value is -3.68. The van der Waals surface area contributed by atoms with Gasteiger partial charge in [-0.05, 0) is 36.4 Å². The first-order chi connectivity index (χ1) is 12.8. The van der Waals surface area contributed by atoms with Crippen LogP contribution in [0.3, 0.4) is 0 Å². The first-order valence-corrected chi connectivity index (χ1v) is 7.89. The van der Waals surface area contributed by atoms with Crippen LogP contribution >= 0.6 is 0 Å². The fraction of sp³-hybridized carbons (Fsp3) is 0.0556. The number of anilines is 2. The molecule has 0 saturated carbocycles. The summed E-state index contributed by atoms with van der Waals surface area (Å²) < 4.78 is 25.5. The average molecular weight is 349 g/mol. The van der Waals surface area contributed by atoms with Gasteiger partial charge in [0.2, 0.25) is 6.79 Å². The monoisotopic (exact) mass is 349 g/mol. The summed E-state index contributed by atoms with van der Waals surface area (Å²) in [6.07, 6.45) is 3.13. The van der Waals surface area contributed by atoms with E-state index in [1.165, 1.54) is 18.5 Å². The topological polar surface area (TPSA) is 74.1 Å². The minimum atomic E-state index is -0.301. The number of rotatable bonds is 3. The van der Waals surface area contributed by atoms with Crippen LogP contribution in [0.4, 0.5) is 15.9 Å². The standard InChI is InChI=1S/C18H12FN5O2/c19-11-1-4-13(5-2-11)24-18-14(8-22-24)17(20-9-21-18)23-12-3-6-15-16(7-12)26-10-25-15/h1-9H,10H2,(H,20,21,23). The largest absolute Gasteiger partial charge is 0.454 e. The Balaban J connectivity index is 1.54. The van der Waals surface area contributed by atoms with E-state index < -0.39 is 0 Å². The van der Waals surface area contributed by atoms with Gasteiger partial charge < -0.3 is 14.8 Å². The lowest BCUT2D eigenvalue weighted by molar-refractivity contribution is 0.174. The number of benzene rings is 2. The fourth-order valence-electron chi connectivity index (χ4n) is 2.83. The van der Waals surface area contributed by atoms with Crippen molar-refractivity contribution < 1.29 is 13.9 Å². The Morgan fingerprint density at radius 1 is 1.00 bits per heavy atom. The molecule has 0 fully saturated rings. The smallest absolute Gasteiger partial charge is 0.231 e. The van der Waals surface area contributed by atoms with Crippen LogP contribution in [0.15, 0.2) is 55.0 Å². The van der Waals surface area contributed by atoms with E-state index >= 15 is 0 Å². The molecule has 0 atom stereocenters. The molecule has 0 saturated heterocycles. The van der Waals surface area contributed by atoms with Gasteiger partial charge in [-0.2, -0.15) is 5.10 Å². The summed E-state index contributed by atoms with van der Waals surface area (Å²) in [5, 5.41) is 8.36. The zero-order chi connectivity index (χ0) is 17.5. The van der Waals surface area contributed by atoms with Crippen molar-refractivity contribution in [3.63, 3.8) is 0 Å². The Labute approximate surface area is 147 Å². The molecule has 0 bridgehead atoms. The lowest BCUT2D eigenvalue weighted by Crippen LogP contribution is -1.99. The van der Waals surface area contributed by atoms with Gasteiger partial charge in [-0.3, -0.25) is 0 Å². The van der Waals surface area contributed by atoms with Gasteiger partial charge in [0, 0.05) is 11.8 Å². The van der Waals surface area contributed by atoms with E-state index in [-0.39, 0.29) is 12.6 Å². The number of nitrogens with one attached hydrogen (secondary N) is 1. The molecule has 26 heavy (non-hydrogen) atoms. The molecule has 0 unspecified atom stereocenters. The minimum Gasteiger partial charge on any atom is -0.454 e. The van der Waals surface area contributed by atoms with E-state index in [0.29, 0.717) is 28.7 Å². The van der Waals surface area contributed by atoms with Crippen molar-refractivity contribution in [2.45, 2.75) is 0 Å². The molecule has 128 valence electrons. The molecule has 7 nitrogen and oxygen atoms in total. The third-order valence-electron chi connectivity index (χ3n) is 4.07. The zero-order valence-electron chi connectivity index (χ0n) is 13.4. The van der Waals surface area contributed by atoms with E-state index in [4.69, 9.17) is 9.47 Å². The zero-order valence-corrected chi connectivity index (χ0v) is 13.4.